The van der Waals surface area contributed by atoms with Gasteiger partial charge in [0, 0.05) is 0 Å². The molecule has 68 valence electrons. The average molecular weight is 170 g/mol. The molecule has 2 aliphatic carbocycles. The quantitative estimate of drug-likeness (QED) is 0.614. The van der Waals surface area contributed by atoms with Gasteiger partial charge in [-0.25, -0.2) is 0 Å². The highest BCUT2D eigenvalue weighted by Crippen LogP contribution is 2.55. The molecule has 0 heterocycles. The van der Waals surface area contributed by atoms with Crippen molar-refractivity contribution in [2.45, 2.75) is 32.3 Å². The number of carboxylic acid groups (broad SMARTS) is 1. The van der Waals surface area contributed by atoms with E-state index >= 15 is 0 Å². The molecule has 0 saturated heterocycles. The van der Waals surface area contributed by atoms with E-state index in [1.165, 1.54) is 0 Å². The minimum Gasteiger partial charge on any atom is -0.481 e. The number of aliphatic carboxylic acids is 1. The molecule has 4 unspecified atom stereocenters. The van der Waals surface area contributed by atoms with Crippen LogP contribution in [0.15, 0.2) is 0 Å². The van der Waals surface area contributed by atoms with Crippen LogP contribution in [0.1, 0.15) is 26.2 Å². The molecular weight excluding hydrogens is 156 g/mol. The molecule has 3 heteroatoms. The predicted octanol–water partition coefficient (Wildman–Crippen LogP) is 0.868. The Morgan fingerprint density at radius 2 is 2.17 bits per heavy atom. The van der Waals surface area contributed by atoms with Gasteiger partial charge in [0.1, 0.15) is 0 Å². The Hall–Kier alpha value is -0.570. The van der Waals surface area contributed by atoms with Gasteiger partial charge >= 0.3 is 5.97 Å². The van der Waals surface area contributed by atoms with Crippen LogP contribution < -0.4 is 0 Å². The van der Waals surface area contributed by atoms with Crippen molar-refractivity contribution in [1.82, 2.24) is 0 Å². The number of hydrogen-bond acceptors (Lipinski definition) is 2. The third-order valence-corrected chi connectivity index (χ3v) is 3.73. The number of aliphatic hydroxyl groups is 1. The zero-order chi connectivity index (χ0) is 8.93. The molecule has 0 radical (unpaired) electrons. The van der Waals surface area contributed by atoms with Crippen LogP contribution in [0, 0.1) is 17.3 Å². The predicted molar refractivity (Wildman–Crippen MR) is 42.6 cm³/mol. The lowest BCUT2D eigenvalue weighted by Gasteiger charge is -2.31. The maximum Gasteiger partial charge on any atom is 0.309 e. The maximum absolute atomic E-state index is 10.9. The summed E-state index contributed by atoms with van der Waals surface area (Å²) in [6, 6.07) is 0. The maximum atomic E-state index is 10.9. The molecule has 2 fully saturated rings. The van der Waals surface area contributed by atoms with Crippen molar-refractivity contribution in [3.05, 3.63) is 0 Å². The summed E-state index contributed by atoms with van der Waals surface area (Å²) in [6.45, 7) is 1.81. The summed E-state index contributed by atoms with van der Waals surface area (Å²) in [6.07, 6.45) is 2.02. The topological polar surface area (TPSA) is 57.5 Å². The van der Waals surface area contributed by atoms with Crippen LogP contribution >= 0.6 is 0 Å². The molecule has 12 heavy (non-hydrogen) atoms. The molecule has 2 bridgehead atoms. The smallest absolute Gasteiger partial charge is 0.309 e. The fourth-order valence-electron chi connectivity index (χ4n) is 2.82. The second-order valence-corrected chi connectivity index (χ2v) is 4.42. The molecule has 4 atom stereocenters. The zero-order valence-electron chi connectivity index (χ0n) is 7.16. The highest BCUT2D eigenvalue weighted by molar-refractivity contribution is 5.75. The van der Waals surface area contributed by atoms with Gasteiger partial charge in [0.25, 0.3) is 0 Å². The summed E-state index contributed by atoms with van der Waals surface area (Å²) >= 11 is 0. The van der Waals surface area contributed by atoms with Gasteiger partial charge in [0.15, 0.2) is 0 Å². The first-order valence-electron chi connectivity index (χ1n) is 4.45. The average Bonchev–Trinajstić information content (AvgIpc) is 2.45. The van der Waals surface area contributed by atoms with E-state index in [2.05, 4.69) is 0 Å². The number of aliphatic hydroxyl groups excluding tert-OH is 1. The van der Waals surface area contributed by atoms with Crippen LogP contribution in [0.4, 0.5) is 0 Å². The molecule has 2 rings (SSSR count). The van der Waals surface area contributed by atoms with Gasteiger partial charge in [0.05, 0.1) is 11.5 Å². The SMILES string of the molecule is CC1(C(=O)O)CC2CC1CC2O. The van der Waals surface area contributed by atoms with Gasteiger partial charge in [-0.3, -0.25) is 4.79 Å². The van der Waals surface area contributed by atoms with Crippen LogP contribution in [0.25, 0.3) is 0 Å². The minimum atomic E-state index is -0.693. The summed E-state index contributed by atoms with van der Waals surface area (Å²) in [5.74, 6) is -0.243. The molecule has 0 spiro atoms. The third-order valence-electron chi connectivity index (χ3n) is 3.73. The van der Waals surface area contributed by atoms with E-state index in [-0.39, 0.29) is 17.9 Å². The molecule has 2 N–H and O–H groups in total. The van der Waals surface area contributed by atoms with Crippen molar-refractivity contribution in [3.63, 3.8) is 0 Å². The number of carbonyl (C=O) groups is 1. The normalized spacial score (nSPS) is 51.3. The molecule has 3 nitrogen and oxygen atoms in total. The van der Waals surface area contributed by atoms with Crippen molar-refractivity contribution in [2.75, 3.05) is 0 Å². The fourth-order valence-corrected chi connectivity index (χ4v) is 2.82. The highest BCUT2D eigenvalue weighted by Gasteiger charge is 2.56. The van der Waals surface area contributed by atoms with Gasteiger partial charge in [-0.15, -0.1) is 0 Å². The number of fused-ring (bicyclic) bond motifs is 2. The van der Waals surface area contributed by atoms with Crippen LogP contribution in [0.5, 0.6) is 0 Å². The third kappa shape index (κ3) is 0.829. The van der Waals surface area contributed by atoms with Crippen molar-refractivity contribution >= 4 is 5.97 Å². The first-order valence-corrected chi connectivity index (χ1v) is 4.45. The number of rotatable bonds is 1. The highest BCUT2D eigenvalue weighted by atomic mass is 16.4. The van der Waals surface area contributed by atoms with Crippen LogP contribution in [-0.2, 0) is 4.79 Å². The summed E-state index contributed by atoms with van der Waals surface area (Å²) in [5.41, 5.74) is -0.552. The molecule has 0 aromatic rings. The zero-order valence-corrected chi connectivity index (χ0v) is 7.16. The Kier molecular flexibility index (Phi) is 1.49. The Labute approximate surface area is 71.4 Å². The van der Waals surface area contributed by atoms with Gasteiger partial charge in [0.2, 0.25) is 0 Å². The lowest BCUT2D eigenvalue weighted by molar-refractivity contribution is -0.152. The molecule has 2 saturated carbocycles. The second-order valence-electron chi connectivity index (χ2n) is 4.42. The van der Waals surface area contributed by atoms with Crippen LogP contribution in [0.3, 0.4) is 0 Å². The summed E-state index contributed by atoms with van der Waals surface area (Å²) < 4.78 is 0. The fraction of sp³-hybridized carbons (Fsp3) is 0.889. The van der Waals surface area contributed by atoms with E-state index in [0.29, 0.717) is 12.8 Å². The Bertz CT molecular complexity index is 224. The van der Waals surface area contributed by atoms with Crippen molar-refractivity contribution < 1.29 is 15.0 Å². The van der Waals surface area contributed by atoms with Crippen LogP contribution in [0.2, 0.25) is 0 Å². The van der Waals surface area contributed by atoms with E-state index in [0.717, 1.165) is 6.42 Å². The molecule has 2 aliphatic rings. The van der Waals surface area contributed by atoms with Gasteiger partial charge < -0.3 is 10.2 Å². The molecule has 0 aromatic carbocycles. The van der Waals surface area contributed by atoms with E-state index in [9.17, 15) is 9.90 Å². The van der Waals surface area contributed by atoms with Crippen molar-refractivity contribution in [3.8, 4) is 0 Å². The number of hydrogen-bond donors (Lipinski definition) is 2. The molecular formula is C9H14O3. The summed E-state index contributed by atoms with van der Waals surface area (Å²) in [5, 5.41) is 18.4. The van der Waals surface area contributed by atoms with Crippen molar-refractivity contribution in [2.24, 2.45) is 17.3 Å². The van der Waals surface area contributed by atoms with E-state index in [1.54, 1.807) is 0 Å². The second kappa shape index (κ2) is 2.22. The lowest BCUT2D eigenvalue weighted by atomic mass is 9.74. The Balaban J connectivity index is 2.21. The summed E-state index contributed by atoms with van der Waals surface area (Å²) in [7, 11) is 0. The van der Waals surface area contributed by atoms with Crippen LogP contribution in [-0.4, -0.2) is 22.3 Å². The molecule has 0 aliphatic heterocycles. The molecule has 0 amide bonds. The largest absolute Gasteiger partial charge is 0.481 e. The Morgan fingerprint density at radius 3 is 2.50 bits per heavy atom. The Morgan fingerprint density at radius 1 is 1.50 bits per heavy atom. The van der Waals surface area contributed by atoms with Gasteiger partial charge in [-0.05, 0) is 38.0 Å². The minimum absolute atomic E-state index is 0.204. The monoisotopic (exact) mass is 170 g/mol. The van der Waals surface area contributed by atoms with E-state index < -0.39 is 11.4 Å². The van der Waals surface area contributed by atoms with E-state index in [4.69, 9.17) is 5.11 Å². The van der Waals surface area contributed by atoms with Gasteiger partial charge in [-0.2, -0.15) is 0 Å². The van der Waals surface area contributed by atoms with E-state index in [1.807, 2.05) is 6.92 Å². The molecule has 0 aromatic heterocycles. The van der Waals surface area contributed by atoms with Crippen molar-refractivity contribution in [1.29, 1.82) is 0 Å². The first kappa shape index (κ1) is 8.05. The number of carboxylic acids is 1. The lowest BCUT2D eigenvalue weighted by Crippen LogP contribution is -2.36. The van der Waals surface area contributed by atoms with Gasteiger partial charge in [-0.1, -0.05) is 0 Å². The summed E-state index contributed by atoms with van der Waals surface area (Å²) in [4.78, 5) is 10.9. The first-order chi connectivity index (χ1) is 5.54. The standard InChI is InChI=1S/C9H14O3/c1-9(8(11)12)4-5-2-6(9)3-7(5)10/h5-7,10H,2-4H2,1H3,(H,11,12).